The molecule has 2 heterocycles. The normalized spacial score (nSPS) is 27.9. The number of nitrogens with zero attached hydrogens (tertiary/aromatic N) is 1. The molecule has 0 spiro atoms. The Kier molecular flexibility index (Phi) is 3.51. The van der Waals surface area contributed by atoms with Crippen LogP contribution in [0.4, 0.5) is 4.79 Å². The number of aliphatic carboxylic acids is 1. The Bertz CT molecular complexity index is 315. The van der Waals surface area contributed by atoms with E-state index in [-0.39, 0.29) is 12.1 Å². The maximum atomic E-state index is 11.7. The summed E-state index contributed by atoms with van der Waals surface area (Å²) in [7, 11) is 0. The van der Waals surface area contributed by atoms with Crippen LogP contribution in [0.1, 0.15) is 19.8 Å². The molecule has 0 radical (unpaired) electrons. The van der Waals surface area contributed by atoms with Gasteiger partial charge in [0.25, 0.3) is 0 Å². The average Bonchev–Trinajstić information content (AvgIpc) is 2.71. The molecule has 0 saturated carbocycles. The van der Waals surface area contributed by atoms with Gasteiger partial charge in [-0.2, -0.15) is 0 Å². The van der Waals surface area contributed by atoms with Gasteiger partial charge in [0.15, 0.2) is 0 Å². The van der Waals surface area contributed by atoms with Gasteiger partial charge in [-0.05, 0) is 25.7 Å². The van der Waals surface area contributed by atoms with E-state index in [0.29, 0.717) is 12.5 Å². The molecule has 6 nitrogen and oxygen atoms in total. The summed E-state index contributed by atoms with van der Waals surface area (Å²) in [5.74, 6) is -0.563. The molecule has 2 rings (SSSR count). The van der Waals surface area contributed by atoms with Crippen molar-refractivity contribution < 1.29 is 19.4 Å². The summed E-state index contributed by atoms with van der Waals surface area (Å²) < 4.78 is 5.28. The third kappa shape index (κ3) is 2.52. The molecule has 6 heteroatoms. The van der Waals surface area contributed by atoms with Crippen molar-refractivity contribution in [2.75, 3.05) is 19.8 Å². The van der Waals surface area contributed by atoms with Crippen LogP contribution >= 0.6 is 0 Å². The molecule has 96 valence electrons. The fourth-order valence-corrected chi connectivity index (χ4v) is 2.43. The molecule has 0 bridgehead atoms. The second-order valence-corrected chi connectivity index (χ2v) is 4.67. The molecule has 2 atom stereocenters. The first-order valence-electron chi connectivity index (χ1n) is 5.97. The van der Waals surface area contributed by atoms with Gasteiger partial charge >= 0.3 is 12.0 Å². The second kappa shape index (κ2) is 4.91. The highest BCUT2D eigenvalue weighted by Gasteiger charge is 2.38. The van der Waals surface area contributed by atoms with Crippen LogP contribution in [0, 0.1) is 5.92 Å². The summed E-state index contributed by atoms with van der Waals surface area (Å²) >= 11 is 0. The SMILES string of the molecule is CC(C(=O)O)N1CC(C2CCOCC2)NC1=O. The van der Waals surface area contributed by atoms with Crippen LogP contribution in [0.2, 0.25) is 0 Å². The summed E-state index contributed by atoms with van der Waals surface area (Å²) in [5.41, 5.74) is 0. The van der Waals surface area contributed by atoms with Crippen LogP contribution < -0.4 is 5.32 Å². The van der Waals surface area contributed by atoms with E-state index in [1.807, 2.05) is 0 Å². The van der Waals surface area contributed by atoms with Crippen LogP contribution in [0.5, 0.6) is 0 Å². The van der Waals surface area contributed by atoms with Gasteiger partial charge in [0.2, 0.25) is 0 Å². The quantitative estimate of drug-likeness (QED) is 0.745. The third-order valence-corrected chi connectivity index (χ3v) is 3.62. The molecule has 2 saturated heterocycles. The summed E-state index contributed by atoms with van der Waals surface area (Å²) in [6.45, 7) is 3.47. The first-order chi connectivity index (χ1) is 8.09. The number of carboxylic acid groups (broad SMARTS) is 1. The van der Waals surface area contributed by atoms with Gasteiger partial charge in [0, 0.05) is 19.8 Å². The lowest BCUT2D eigenvalue weighted by molar-refractivity contribution is -0.141. The number of carbonyl (C=O) groups is 2. The van der Waals surface area contributed by atoms with Crippen LogP contribution in [0.15, 0.2) is 0 Å². The summed E-state index contributed by atoms with van der Waals surface area (Å²) in [4.78, 5) is 24.0. The fourth-order valence-electron chi connectivity index (χ4n) is 2.43. The Labute approximate surface area is 99.9 Å². The van der Waals surface area contributed by atoms with E-state index in [0.717, 1.165) is 26.1 Å². The van der Waals surface area contributed by atoms with E-state index in [4.69, 9.17) is 9.84 Å². The van der Waals surface area contributed by atoms with Gasteiger partial charge in [-0.25, -0.2) is 9.59 Å². The van der Waals surface area contributed by atoms with Crippen LogP contribution in [-0.4, -0.2) is 53.8 Å². The number of amides is 2. The van der Waals surface area contributed by atoms with Crippen LogP contribution in [0.25, 0.3) is 0 Å². The number of urea groups is 1. The van der Waals surface area contributed by atoms with Gasteiger partial charge in [-0.15, -0.1) is 0 Å². The highest BCUT2D eigenvalue weighted by atomic mass is 16.5. The number of ether oxygens (including phenoxy) is 1. The third-order valence-electron chi connectivity index (χ3n) is 3.62. The predicted molar refractivity (Wildman–Crippen MR) is 59.7 cm³/mol. The molecule has 2 unspecified atom stereocenters. The molecule has 17 heavy (non-hydrogen) atoms. The standard InChI is InChI=1S/C11H18N2O4/c1-7(10(14)15)13-6-9(12-11(13)16)8-2-4-17-5-3-8/h7-9H,2-6H2,1H3,(H,12,16)(H,14,15). The molecular formula is C11H18N2O4. The number of rotatable bonds is 3. The van der Waals surface area contributed by atoms with Crippen molar-refractivity contribution in [3.05, 3.63) is 0 Å². The molecule has 0 aromatic heterocycles. The predicted octanol–water partition coefficient (Wildman–Crippen LogP) is 0.280. The lowest BCUT2D eigenvalue weighted by atomic mass is 9.92. The van der Waals surface area contributed by atoms with E-state index >= 15 is 0 Å². The van der Waals surface area contributed by atoms with Crippen molar-refractivity contribution in [1.82, 2.24) is 10.2 Å². The number of hydrogen-bond acceptors (Lipinski definition) is 3. The van der Waals surface area contributed by atoms with Gasteiger partial charge in [0.1, 0.15) is 6.04 Å². The fraction of sp³-hybridized carbons (Fsp3) is 0.818. The minimum atomic E-state index is -0.965. The van der Waals surface area contributed by atoms with Crippen molar-refractivity contribution in [1.29, 1.82) is 0 Å². The van der Waals surface area contributed by atoms with Gasteiger partial charge in [-0.3, -0.25) is 0 Å². The average molecular weight is 242 g/mol. The number of hydrogen-bond donors (Lipinski definition) is 2. The minimum Gasteiger partial charge on any atom is -0.480 e. The Morgan fingerprint density at radius 3 is 2.76 bits per heavy atom. The zero-order valence-corrected chi connectivity index (χ0v) is 9.89. The largest absolute Gasteiger partial charge is 0.480 e. The van der Waals surface area contributed by atoms with E-state index in [2.05, 4.69) is 5.32 Å². The highest BCUT2D eigenvalue weighted by molar-refractivity contribution is 5.84. The van der Waals surface area contributed by atoms with E-state index in [9.17, 15) is 9.59 Å². The Morgan fingerprint density at radius 2 is 2.18 bits per heavy atom. The van der Waals surface area contributed by atoms with Gasteiger partial charge < -0.3 is 20.1 Å². The molecule has 2 aliphatic heterocycles. The highest BCUT2D eigenvalue weighted by Crippen LogP contribution is 2.23. The summed E-state index contributed by atoms with van der Waals surface area (Å²) in [5, 5.41) is 11.8. The lowest BCUT2D eigenvalue weighted by Crippen LogP contribution is -2.41. The Hall–Kier alpha value is -1.30. The van der Waals surface area contributed by atoms with E-state index < -0.39 is 12.0 Å². The first-order valence-corrected chi connectivity index (χ1v) is 5.97. The van der Waals surface area contributed by atoms with Gasteiger partial charge in [0.05, 0.1) is 6.04 Å². The van der Waals surface area contributed by atoms with Crippen molar-refractivity contribution in [2.45, 2.75) is 31.8 Å². The maximum absolute atomic E-state index is 11.7. The number of carbonyl (C=O) groups excluding carboxylic acids is 1. The molecule has 2 fully saturated rings. The Balaban J connectivity index is 1.96. The number of nitrogens with one attached hydrogen (secondary N) is 1. The molecule has 0 aromatic rings. The summed E-state index contributed by atoms with van der Waals surface area (Å²) in [6.07, 6.45) is 1.86. The van der Waals surface area contributed by atoms with E-state index in [1.54, 1.807) is 0 Å². The molecule has 0 aliphatic carbocycles. The minimum absolute atomic E-state index is 0.0631. The van der Waals surface area contributed by atoms with Crippen molar-refractivity contribution >= 4 is 12.0 Å². The van der Waals surface area contributed by atoms with Crippen LogP contribution in [-0.2, 0) is 9.53 Å². The monoisotopic (exact) mass is 242 g/mol. The first kappa shape index (κ1) is 12.2. The zero-order valence-electron chi connectivity index (χ0n) is 9.89. The molecule has 0 aromatic carbocycles. The summed E-state index contributed by atoms with van der Waals surface area (Å²) in [6, 6.07) is -0.968. The topological polar surface area (TPSA) is 78.9 Å². The van der Waals surface area contributed by atoms with Crippen molar-refractivity contribution in [3.63, 3.8) is 0 Å². The van der Waals surface area contributed by atoms with E-state index in [1.165, 1.54) is 11.8 Å². The van der Waals surface area contributed by atoms with Crippen LogP contribution in [0.3, 0.4) is 0 Å². The molecular weight excluding hydrogens is 224 g/mol. The second-order valence-electron chi connectivity index (χ2n) is 4.67. The van der Waals surface area contributed by atoms with Gasteiger partial charge in [-0.1, -0.05) is 0 Å². The van der Waals surface area contributed by atoms with Crippen molar-refractivity contribution in [2.24, 2.45) is 5.92 Å². The maximum Gasteiger partial charge on any atom is 0.326 e. The molecule has 2 N–H and O–H groups in total. The Morgan fingerprint density at radius 1 is 1.53 bits per heavy atom. The number of carboxylic acids is 1. The molecule has 2 aliphatic rings. The zero-order chi connectivity index (χ0) is 12.4. The van der Waals surface area contributed by atoms with Crippen molar-refractivity contribution in [3.8, 4) is 0 Å². The lowest BCUT2D eigenvalue weighted by Gasteiger charge is -2.27. The smallest absolute Gasteiger partial charge is 0.326 e. The molecule has 2 amide bonds.